The number of methoxy groups -OCH3 is 1. The molecule has 0 aromatic heterocycles. The minimum atomic E-state index is -1.12. The molecule has 0 unspecified atom stereocenters. The van der Waals surface area contributed by atoms with Crippen molar-refractivity contribution in [3.8, 4) is 0 Å². The molecule has 1 saturated heterocycles. The molecule has 0 radical (unpaired) electrons. The fourth-order valence-electron chi connectivity index (χ4n) is 3.08. The lowest BCUT2D eigenvalue weighted by Gasteiger charge is -2.21. The van der Waals surface area contributed by atoms with Crippen LogP contribution in [0.4, 0.5) is 4.39 Å². The van der Waals surface area contributed by atoms with E-state index in [0.717, 1.165) is 19.5 Å². The van der Waals surface area contributed by atoms with Gasteiger partial charge in [-0.2, -0.15) is 0 Å². The number of halogens is 1. The normalized spacial score (nSPS) is 19.3. The zero-order chi connectivity index (χ0) is 17.7. The minimum absolute atomic E-state index is 0.120. The maximum Gasteiger partial charge on any atom is 0.333 e. The topological polar surface area (TPSA) is 58.6 Å². The van der Waals surface area contributed by atoms with E-state index in [2.05, 4.69) is 24.1 Å². The van der Waals surface area contributed by atoms with Gasteiger partial charge in [-0.05, 0) is 24.9 Å². The summed E-state index contributed by atoms with van der Waals surface area (Å²) in [5, 5.41) is 2.66. The van der Waals surface area contributed by atoms with E-state index < -0.39 is 17.8 Å². The van der Waals surface area contributed by atoms with Gasteiger partial charge in [0.2, 0.25) is 5.91 Å². The van der Waals surface area contributed by atoms with Crippen LogP contribution in [0.2, 0.25) is 0 Å². The van der Waals surface area contributed by atoms with Crippen molar-refractivity contribution in [1.29, 1.82) is 0 Å². The number of carbonyl (C=O) groups is 2. The molecule has 1 aliphatic heterocycles. The van der Waals surface area contributed by atoms with Gasteiger partial charge in [0, 0.05) is 18.7 Å². The van der Waals surface area contributed by atoms with Crippen LogP contribution in [0.1, 0.15) is 31.9 Å². The van der Waals surface area contributed by atoms with Gasteiger partial charge >= 0.3 is 5.97 Å². The van der Waals surface area contributed by atoms with Crippen molar-refractivity contribution < 1.29 is 18.7 Å². The van der Waals surface area contributed by atoms with Gasteiger partial charge in [-0.1, -0.05) is 32.0 Å². The van der Waals surface area contributed by atoms with Crippen LogP contribution in [-0.4, -0.2) is 43.5 Å². The minimum Gasteiger partial charge on any atom is -0.467 e. The quantitative estimate of drug-likeness (QED) is 0.809. The Morgan fingerprint density at radius 3 is 2.71 bits per heavy atom. The highest BCUT2D eigenvalue weighted by molar-refractivity contribution is 5.87. The van der Waals surface area contributed by atoms with E-state index in [1.807, 2.05) is 0 Å². The zero-order valence-electron chi connectivity index (χ0n) is 14.4. The predicted octanol–water partition coefficient (Wildman–Crippen LogP) is 2.13. The number of likely N-dealkylation sites (tertiary alicyclic amines) is 1. The second-order valence-corrected chi connectivity index (χ2v) is 6.63. The van der Waals surface area contributed by atoms with Crippen LogP contribution in [0.25, 0.3) is 0 Å². The van der Waals surface area contributed by atoms with Crippen LogP contribution < -0.4 is 5.32 Å². The van der Waals surface area contributed by atoms with Gasteiger partial charge in [-0.25, -0.2) is 9.18 Å². The monoisotopic (exact) mass is 336 g/mol. The Morgan fingerprint density at radius 1 is 1.38 bits per heavy atom. The first-order valence-electron chi connectivity index (χ1n) is 8.27. The number of nitrogens with one attached hydrogen (secondary N) is 1. The fraction of sp³-hybridized carbons (Fsp3) is 0.556. The molecule has 1 aromatic carbocycles. The van der Waals surface area contributed by atoms with Crippen molar-refractivity contribution >= 4 is 11.9 Å². The highest BCUT2D eigenvalue weighted by Crippen LogP contribution is 2.22. The Balaban J connectivity index is 2.06. The predicted molar refractivity (Wildman–Crippen MR) is 88.7 cm³/mol. The average molecular weight is 336 g/mol. The summed E-state index contributed by atoms with van der Waals surface area (Å²) in [6.45, 7) is 6.74. The Bertz CT molecular complexity index is 591. The molecular weight excluding hydrogens is 311 g/mol. The number of rotatable bonds is 6. The fourth-order valence-corrected chi connectivity index (χ4v) is 3.08. The summed E-state index contributed by atoms with van der Waals surface area (Å²) in [5.74, 6) is -1.11. The lowest BCUT2D eigenvalue weighted by molar-refractivity contribution is -0.145. The summed E-state index contributed by atoms with van der Waals surface area (Å²) in [6.07, 6.45) is 0.740. The van der Waals surface area contributed by atoms with Gasteiger partial charge in [-0.15, -0.1) is 0 Å². The standard InChI is InChI=1S/C18H25FN2O3/c1-12(2)10-21-9-8-13(11-21)17(22)20-16(18(23)24-3)14-6-4-5-7-15(14)19/h4-7,12-13,16H,8-11H2,1-3H3,(H,20,22)/t13-,16-/m0/s1. The summed E-state index contributed by atoms with van der Waals surface area (Å²) < 4.78 is 18.7. The summed E-state index contributed by atoms with van der Waals surface area (Å²) in [4.78, 5) is 26.8. The molecule has 2 rings (SSSR count). The van der Waals surface area contributed by atoms with E-state index in [0.29, 0.717) is 12.5 Å². The first kappa shape index (κ1) is 18.4. The molecule has 1 fully saturated rings. The number of carbonyl (C=O) groups excluding carboxylic acids is 2. The number of benzene rings is 1. The molecule has 132 valence electrons. The van der Waals surface area contributed by atoms with Crippen LogP contribution in [-0.2, 0) is 14.3 Å². The maximum absolute atomic E-state index is 14.0. The van der Waals surface area contributed by atoms with Crippen LogP contribution in [0.5, 0.6) is 0 Å². The maximum atomic E-state index is 14.0. The van der Waals surface area contributed by atoms with Crippen molar-refractivity contribution in [2.24, 2.45) is 11.8 Å². The summed E-state index contributed by atoms with van der Waals surface area (Å²) in [7, 11) is 1.22. The first-order chi connectivity index (χ1) is 11.4. The van der Waals surface area contributed by atoms with Gasteiger partial charge in [0.25, 0.3) is 0 Å². The molecule has 0 bridgehead atoms. The van der Waals surface area contributed by atoms with E-state index in [-0.39, 0.29) is 17.4 Å². The number of amides is 1. The van der Waals surface area contributed by atoms with E-state index in [4.69, 9.17) is 4.74 Å². The average Bonchev–Trinajstić information content (AvgIpc) is 3.00. The highest BCUT2D eigenvalue weighted by atomic mass is 19.1. The van der Waals surface area contributed by atoms with Gasteiger partial charge in [0.1, 0.15) is 5.82 Å². The van der Waals surface area contributed by atoms with Crippen LogP contribution in [0.15, 0.2) is 24.3 Å². The van der Waals surface area contributed by atoms with Crippen molar-refractivity contribution in [3.05, 3.63) is 35.6 Å². The van der Waals surface area contributed by atoms with Crippen molar-refractivity contribution in [2.75, 3.05) is 26.7 Å². The molecule has 6 heteroatoms. The second-order valence-electron chi connectivity index (χ2n) is 6.63. The highest BCUT2D eigenvalue weighted by Gasteiger charge is 2.33. The number of hydrogen-bond donors (Lipinski definition) is 1. The lowest BCUT2D eigenvalue weighted by atomic mass is 10.0. The Hall–Kier alpha value is -1.95. The van der Waals surface area contributed by atoms with Crippen LogP contribution >= 0.6 is 0 Å². The van der Waals surface area contributed by atoms with Gasteiger partial charge in [0.15, 0.2) is 6.04 Å². The van der Waals surface area contributed by atoms with Crippen molar-refractivity contribution in [2.45, 2.75) is 26.3 Å². The van der Waals surface area contributed by atoms with Gasteiger partial charge in [0.05, 0.1) is 13.0 Å². The SMILES string of the molecule is COC(=O)[C@@H](NC(=O)[C@H]1CCN(CC(C)C)C1)c1ccccc1F. The molecule has 1 aromatic rings. The van der Waals surface area contributed by atoms with Crippen LogP contribution in [0, 0.1) is 17.7 Å². The number of hydrogen-bond acceptors (Lipinski definition) is 4. The van der Waals surface area contributed by atoms with E-state index in [1.165, 1.54) is 25.3 Å². The van der Waals surface area contributed by atoms with Crippen molar-refractivity contribution in [3.63, 3.8) is 0 Å². The molecule has 1 aliphatic rings. The molecule has 1 amide bonds. The second kappa shape index (κ2) is 8.24. The molecule has 5 nitrogen and oxygen atoms in total. The molecule has 0 aliphatic carbocycles. The van der Waals surface area contributed by atoms with E-state index in [1.54, 1.807) is 6.07 Å². The largest absolute Gasteiger partial charge is 0.467 e. The molecule has 24 heavy (non-hydrogen) atoms. The summed E-state index contributed by atoms with van der Waals surface area (Å²) in [6, 6.07) is 4.78. The molecular formula is C18H25FN2O3. The Kier molecular flexibility index (Phi) is 6.31. The van der Waals surface area contributed by atoms with Crippen LogP contribution in [0.3, 0.4) is 0 Å². The van der Waals surface area contributed by atoms with Gasteiger partial charge < -0.3 is 15.0 Å². The molecule has 1 N–H and O–H groups in total. The third-order valence-electron chi connectivity index (χ3n) is 4.21. The number of nitrogens with zero attached hydrogens (tertiary/aromatic N) is 1. The Labute approximate surface area is 142 Å². The van der Waals surface area contributed by atoms with E-state index in [9.17, 15) is 14.0 Å². The van der Waals surface area contributed by atoms with Gasteiger partial charge in [-0.3, -0.25) is 4.79 Å². The zero-order valence-corrected chi connectivity index (χ0v) is 14.4. The first-order valence-corrected chi connectivity index (χ1v) is 8.27. The molecule has 0 saturated carbocycles. The Morgan fingerprint density at radius 2 is 2.08 bits per heavy atom. The molecule has 1 heterocycles. The number of ether oxygens (including phenoxy) is 1. The molecule has 0 spiro atoms. The smallest absolute Gasteiger partial charge is 0.333 e. The van der Waals surface area contributed by atoms with Crippen molar-refractivity contribution in [1.82, 2.24) is 10.2 Å². The lowest BCUT2D eigenvalue weighted by Crippen LogP contribution is -2.39. The van der Waals surface area contributed by atoms with E-state index >= 15 is 0 Å². The number of esters is 1. The molecule has 2 atom stereocenters. The third-order valence-corrected chi connectivity index (χ3v) is 4.21. The third kappa shape index (κ3) is 4.54. The summed E-state index contributed by atoms with van der Waals surface area (Å²) >= 11 is 0. The summed E-state index contributed by atoms with van der Waals surface area (Å²) in [5.41, 5.74) is 0.120.